The van der Waals surface area contributed by atoms with Crippen LogP contribution in [0, 0.1) is 16.0 Å². The van der Waals surface area contributed by atoms with Crippen molar-refractivity contribution >= 4 is 41.1 Å². The van der Waals surface area contributed by atoms with Crippen molar-refractivity contribution in [1.29, 1.82) is 0 Å². The van der Waals surface area contributed by atoms with Gasteiger partial charge in [-0.2, -0.15) is 4.48 Å². The Kier molecular flexibility index (Phi) is 13.7. The van der Waals surface area contributed by atoms with Crippen LogP contribution in [0.4, 0.5) is 10.5 Å². The highest BCUT2D eigenvalue weighted by Crippen LogP contribution is 2.39. The van der Waals surface area contributed by atoms with E-state index in [1.54, 1.807) is 51.1 Å². The molecule has 0 bridgehead atoms. The number of hydrogen-bond acceptors (Lipinski definition) is 11. The Balaban J connectivity index is 1.89. The van der Waals surface area contributed by atoms with E-state index in [0.29, 0.717) is 39.6 Å². The number of carbonyl (C=O) groups excluding carboxylic acids is 4. The average Bonchev–Trinajstić information content (AvgIpc) is 3.25. The van der Waals surface area contributed by atoms with E-state index in [4.69, 9.17) is 35.3 Å². The summed E-state index contributed by atoms with van der Waals surface area (Å²) in [5.74, 6) is -1.65. The summed E-state index contributed by atoms with van der Waals surface area (Å²) in [5.41, 5.74) is -0.474. The molecule has 1 fully saturated rings. The Labute approximate surface area is 324 Å². The number of carbonyl (C=O) groups is 4. The monoisotopic (exact) mass is 783 g/mol. The van der Waals surface area contributed by atoms with Crippen LogP contribution in [0.3, 0.4) is 0 Å². The zero-order valence-corrected chi connectivity index (χ0v) is 33.0. The molecule has 15 nitrogen and oxygen atoms in total. The first-order valence-electron chi connectivity index (χ1n) is 17.6. The third-order valence-electron chi connectivity index (χ3n) is 9.19. The van der Waals surface area contributed by atoms with Crippen molar-refractivity contribution in [1.82, 2.24) is 10.6 Å². The minimum Gasteiger partial charge on any atom is -0.496 e. The lowest BCUT2D eigenvalue weighted by molar-refractivity contribution is -0.781. The third kappa shape index (κ3) is 9.83. The molecule has 3 aromatic rings. The van der Waals surface area contributed by atoms with E-state index in [9.17, 15) is 19.7 Å². The quantitative estimate of drug-likeness (QED) is 0.0808. The van der Waals surface area contributed by atoms with Crippen molar-refractivity contribution < 1.29 is 52.3 Å². The van der Waals surface area contributed by atoms with Crippen LogP contribution in [0.5, 0.6) is 23.0 Å². The number of nitrogens with zero attached hydrogens (tertiary/aromatic N) is 2. The summed E-state index contributed by atoms with van der Waals surface area (Å²) in [7, 11) is 5.78. The number of esters is 1. The first-order chi connectivity index (χ1) is 26.0. The van der Waals surface area contributed by atoms with Crippen molar-refractivity contribution in [2.24, 2.45) is 5.92 Å². The van der Waals surface area contributed by atoms with Gasteiger partial charge in [0.1, 0.15) is 40.7 Å². The van der Waals surface area contributed by atoms with E-state index < -0.39 is 63.0 Å². The number of rotatable bonds is 14. The van der Waals surface area contributed by atoms with Gasteiger partial charge in [-0.1, -0.05) is 31.0 Å². The van der Waals surface area contributed by atoms with Crippen molar-refractivity contribution in [3.8, 4) is 23.0 Å². The number of nitro groups is 1. The highest BCUT2D eigenvalue weighted by molar-refractivity contribution is 6.30. The highest BCUT2D eigenvalue weighted by atomic mass is 35.5. The van der Waals surface area contributed by atoms with Gasteiger partial charge in [0.2, 0.25) is 0 Å². The van der Waals surface area contributed by atoms with Crippen LogP contribution >= 0.6 is 11.6 Å². The number of nitrogens with one attached hydrogen (secondary N) is 2. The maximum atomic E-state index is 15.1. The molecule has 3 atom stereocenters. The molecule has 0 aromatic heterocycles. The molecule has 2 N–H and O–H groups in total. The Morgan fingerprint density at radius 1 is 0.982 bits per heavy atom. The number of amides is 4. The molecule has 3 aromatic carbocycles. The fourth-order valence-corrected chi connectivity index (χ4v) is 6.77. The molecule has 1 unspecified atom stereocenters. The Morgan fingerprint density at radius 3 is 2.20 bits per heavy atom. The van der Waals surface area contributed by atoms with Crippen LogP contribution < -0.4 is 29.6 Å². The molecule has 1 heterocycles. The summed E-state index contributed by atoms with van der Waals surface area (Å²) in [6.07, 6.45) is 0.857. The van der Waals surface area contributed by atoms with Gasteiger partial charge in [0, 0.05) is 29.8 Å². The number of hydrogen-bond donors (Lipinski definition) is 2. The number of methoxy groups -OCH3 is 4. The fraction of sp³-hybridized carbons (Fsp3) is 0.436. The lowest BCUT2D eigenvalue weighted by Gasteiger charge is -2.35. The van der Waals surface area contributed by atoms with Gasteiger partial charge in [0.25, 0.3) is 11.6 Å². The number of nitro benzene ring substituents is 1. The Morgan fingerprint density at radius 2 is 1.64 bits per heavy atom. The predicted molar refractivity (Wildman–Crippen MR) is 203 cm³/mol. The van der Waals surface area contributed by atoms with E-state index in [2.05, 4.69) is 10.6 Å². The van der Waals surface area contributed by atoms with Gasteiger partial charge in [-0.25, -0.2) is 14.4 Å². The van der Waals surface area contributed by atoms with E-state index >= 15 is 9.59 Å². The second kappa shape index (κ2) is 17.8. The number of quaternary nitrogens is 1. The number of urea groups is 1. The molecule has 16 heteroatoms. The van der Waals surface area contributed by atoms with Gasteiger partial charge in [-0.05, 0) is 69.0 Å². The summed E-state index contributed by atoms with van der Waals surface area (Å²) in [6, 6.07) is 10.4. The first-order valence-corrected chi connectivity index (χ1v) is 18.0. The summed E-state index contributed by atoms with van der Waals surface area (Å²) >= 11 is 6.34. The highest BCUT2D eigenvalue weighted by Gasteiger charge is 2.53. The molecule has 1 aliphatic heterocycles. The lowest BCUT2D eigenvalue weighted by atomic mass is 9.95. The molecule has 0 spiro atoms. The molecule has 1 aliphatic rings. The topological polar surface area (TPSA) is 182 Å². The normalized spacial score (nSPS) is 17.7. The Hall–Kier alpha value is -5.41. The maximum Gasteiger partial charge on any atom is 0.425 e. The van der Waals surface area contributed by atoms with Gasteiger partial charge in [0.05, 0.1) is 50.9 Å². The van der Waals surface area contributed by atoms with Gasteiger partial charge in [-0.15, -0.1) is 0 Å². The first kappa shape index (κ1) is 42.3. The van der Waals surface area contributed by atoms with E-state index in [0.717, 1.165) is 0 Å². The zero-order valence-electron chi connectivity index (χ0n) is 32.3. The van der Waals surface area contributed by atoms with Crippen molar-refractivity contribution in [3.63, 3.8) is 0 Å². The summed E-state index contributed by atoms with van der Waals surface area (Å²) in [5, 5.41) is 18.4. The standard InChI is InChI=1S/C39H47ClN4O11/c1-9-10-30(23-11-13-28(31(17-23)43(49)50)37(47)55-39(2,3)4)42-38(48)44(21-29-33(53-7)18-27(51-5)19-34(29)54-8)22-35(45)41-20-25(36(44)46)15-24-16-26(40)12-14-32(24)52-6/h11-14,16-19,25,30H,9-10,15,20-22H2,1-8H3,(H-,41,42,45,48)/p+1/t25-,30-,44?/m1/s1. The van der Waals surface area contributed by atoms with Gasteiger partial charge in [0.15, 0.2) is 6.54 Å². The minimum absolute atomic E-state index is 0.0592. The summed E-state index contributed by atoms with van der Waals surface area (Å²) in [4.78, 5) is 68.3. The van der Waals surface area contributed by atoms with E-state index in [1.165, 1.54) is 46.6 Å². The largest absolute Gasteiger partial charge is 0.496 e. The van der Waals surface area contributed by atoms with Crippen LogP contribution in [0.1, 0.15) is 73.6 Å². The molecule has 296 valence electrons. The number of ether oxygens (including phenoxy) is 5. The molecule has 0 radical (unpaired) electrons. The van der Waals surface area contributed by atoms with E-state index in [1.807, 2.05) is 6.92 Å². The smallest absolute Gasteiger partial charge is 0.425 e. The van der Waals surface area contributed by atoms with Gasteiger partial charge < -0.3 is 29.0 Å². The number of halogens is 1. The molecule has 0 saturated carbocycles. The molecule has 55 heavy (non-hydrogen) atoms. The lowest BCUT2D eigenvalue weighted by Crippen LogP contribution is -2.63. The van der Waals surface area contributed by atoms with Crippen molar-refractivity contribution in [2.45, 2.75) is 65.1 Å². The fourth-order valence-electron chi connectivity index (χ4n) is 6.57. The second-order valence-corrected chi connectivity index (χ2v) is 14.6. The number of imide groups is 1. The molecule has 4 amide bonds. The van der Waals surface area contributed by atoms with E-state index in [-0.39, 0.29) is 43.0 Å². The second-order valence-electron chi connectivity index (χ2n) is 14.1. The average molecular weight is 784 g/mol. The van der Waals surface area contributed by atoms with Crippen LogP contribution in [-0.4, -0.2) is 80.4 Å². The van der Waals surface area contributed by atoms with Crippen LogP contribution in [0.2, 0.25) is 5.02 Å². The molecule has 0 aliphatic carbocycles. The van der Waals surface area contributed by atoms with Crippen LogP contribution in [0.25, 0.3) is 0 Å². The molecular weight excluding hydrogens is 736 g/mol. The van der Waals surface area contributed by atoms with Crippen LogP contribution in [0.15, 0.2) is 48.5 Å². The number of benzene rings is 3. The van der Waals surface area contributed by atoms with Gasteiger partial charge >= 0.3 is 17.9 Å². The summed E-state index contributed by atoms with van der Waals surface area (Å²) in [6.45, 7) is 5.74. The molecular formula is C39H48ClN4O11+. The third-order valence-corrected chi connectivity index (χ3v) is 9.42. The maximum absolute atomic E-state index is 15.1. The van der Waals surface area contributed by atoms with Crippen LogP contribution in [-0.2, 0) is 27.3 Å². The molecule has 4 rings (SSSR count). The van der Waals surface area contributed by atoms with Crippen molar-refractivity contribution in [3.05, 3.63) is 85.9 Å². The molecule has 1 saturated heterocycles. The zero-order chi connectivity index (χ0) is 40.7. The minimum atomic E-state index is -1.06. The predicted octanol–water partition coefficient (Wildman–Crippen LogP) is 6.32. The van der Waals surface area contributed by atoms with Crippen molar-refractivity contribution in [2.75, 3.05) is 41.5 Å². The SMILES string of the molecule is CCC[C@@H](NC(=O)[N+]1(Cc2c(OC)cc(OC)cc2OC)CC(=O)NC[C@@H](Cc2cc(Cl)ccc2OC)C1=O)c1ccc(C(=O)OC(C)(C)C)c([N+](=O)[O-])c1. The Bertz CT molecular complexity index is 1920. The summed E-state index contributed by atoms with van der Waals surface area (Å²) < 4.78 is 26.7. The van der Waals surface area contributed by atoms with Gasteiger partial charge in [-0.3, -0.25) is 20.2 Å².